The number of hydrogen-bond donors (Lipinski definition) is 2. The minimum atomic E-state index is -0.208. The molecule has 1 aliphatic rings. The molecule has 5 nitrogen and oxygen atoms in total. The molecule has 1 saturated heterocycles. The van der Waals surface area contributed by atoms with Crippen LogP contribution in [0.5, 0.6) is 5.75 Å². The monoisotopic (exact) mass is 345 g/mol. The van der Waals surface area contributed by atoms with E-state index in [-0.39, 0.29) is 12.1 Å². The van der Waals surface area contributed by atoms with E-state index in [1.165, 1.54) is 17.7 Å². The molecule has 1 fully saturated rings. The summed E-state index contributed by atoms with van der Waals surface area (Å²) in [5.74, 6) is 0.655. The standard InChI is InChI=1S/C18H23N3O2S/c1-23-16-8-3-2-7-14(16)20-18(22)19-13-15(17-9-6-12-24-17)21-10-4-5-11-21/h2-3,6-9,12,15H,4-5,10-11,13H2,1H3,(H2,19,20,22)/t15-/m0/s1. The van der Waals surface area contributed by atoms with Crippen LogP contribution < -0.4 is 15.4 Å². The van der Waals surface area contributed by atoms with Crippen LogP contribution in [0, 0.1) is 0 Å². The molecule has 3 rings (SSSR count). The van der Waals surface area contributed by atoms with E-state index in [4.69, 9.17) is 4.74 Å². The SMILES string of the molecule is COc1ccccc1NC(=O)NC[C@@H](c1cccs1)N1CCCC1. The number of para-hydroxylation sites is 2. The highest BCUT2D eigenvalue weighted by atomic mass is 32.1. The van der Waals surface area contributed by atoms with Crippen LogP contribution in [0.3, 0.4) is 0 Å². The van der Waals surface area contributed by atoms with Gasteiger partial charge in [-0.2, -0.15) is 0 Å². The maximum atomic E-state index is 12.3. The molecule has 2 N–H and O–H groups in total. The third-order valence-corrected chi connectivity index (χ3v) is 5.24. The summed E-state index contributed by atoms with van der Waals surface area (Å²) in [5, 5.41) is 7.96. The van der Waals surface area contributed by atoms with E-state index in [0.29, 0.717) is 18.0 Å². The smallest absolute Gasteiger partial charge is 0.319 e. The second kappa shape index (κ2) is 8.17. The average molecular weight is 345 g/mol. The van der Waals surface area contributed by atoms with Crippen LogP contribution in [0.25, 0.3) is 0 Å². The van der Waals surface area contributed by atoms with Gasteiger partial charge in [-0.15, -0.1) is 11.3 Å². The van der Waals surface area contributed by atoms with Crippen LogP contribution in [0.2, 0.25) is 0 Å². The molecular weight excluding hydrogens is 322 g/mol. The lowest BCUT2D eigenvalue weighted by molar-refractivity contribution is 0.229. The van der Waals surface area contributed by atoms with Gasteiger partial charge in [0.25, 0.3) is 0 Å². The van der Waals surface area contributed by atoms with Crippen molar-refractivity contribution in [3.05, 3.63) is 46.7 Å². The van der Waals surface area contributed by atoms with Gasteiger partial charge in [0, 0.05) is 11.4 Å². The van der Waals surface area contributed by atoms with Gasteiger partial charge in [-0.3, -0.25) is 4.90 Å². The molecule has 2 aromatic rings. The van der Waals surface area contributed by atoms with E-state index < -0.39 is 0 Å². The summed E-state index contributed by atoms with van der Waals surface area (Å²) in [4.78, 5) is 16.0. The zero-order valence-electron chi connectivity index (χ0n) is 13.8. The van der Waals surface area contributed by atoms with Crippen molar-refractivity contribution >= 4 is 23.1 Å². The highest BCUT2D eigenvalue weighted by molar-refractivity contribution is 7.10. The molecule has 6 heteroatoms. The third kappa shape index (κ3) is 4.07. The maximum absolute atomic E-state index is 12.3. The summed E-state index contributed by atoms with van der Waals surface area (Å²) in [6, 6.07) is 11.7. The number of urea groups is 1. The lowest BCUT2D eigenvalue weighted by atomic mass is 10.2. The summed E-state index contributed by atoms with van der Waals surface area (Å²) in [5.41, 5.74) is 0.673. The van der Waals surface area contributed by atoms with Gasteiger partial charge in [-0.1, -0.05) is 18.2 Å². The number of methoxy groups -OCH3 is 1. The number of carbonyl (C=O) groups is 1. The molecule has 0 radical (unpaired) electrons. The van der Waals surface area contributed by atoms with Crippen molar-refractivity contribution < 1.29 is 9.53 Å². The molecule has 0 unspecified atom stereocenters. The Hall–Kier alpha value is -2.05. The number of benzene rings is 1. The first kappa shape index (κ1) is 16.8. The van der Waals surface area contributed by atoms with Crippen molar-refractivity contribution in [2.45, 2.75) is 18.9 Å². The number of likely N-dealkylation sites (tertiary alicyclic amines) is 1. The predicted molar refractivity (Wildman–Crippen MR) is 97.9 cm³/mol. The fourth-order valence-electron chi connectivity index (χ4n) is 3.05. The Bertz CT molecular complexity index is 654. The van der Waals surface area contributed by atoms with E-state index in [0.717, 1.165) is 13.1 Å². The molecule has 0 bridgehead atoms. The maximum Gasteiger partial charge on any atom is 0.319 e. The van der Waals surface area contributed by atoms with Gasteiger partial charge < -0.3 is 15.4 Å². The van der Waals surface area contributed by atoms with E-state index >= 15 is 0 Å². The van der Waals surface area contributed by atoms with Gasteiger partial charge >= 0.3 is 6.03 Å². The fraction of sp³-hybridized carbons (Fsp3) is 0.389. The van der Waals surface area contributed by atoms with Crippen molar-refractivity contribution in [3.63, 3.8) is 0 Å². The molecular formula is C18H23N3O2S. The number of ether oxygens (including phenoxy) is 1. The summed E-state index contributed by atoms with van der Waals surface area (Å²) in [6.07, 6.45) is 2.46. The van der Waals surface area contributed by atoms with Crippen molar-refractivity contribution in [2.75, 3.05) is 32.1 Å². The quantitative estimate of drug-likeness (QED) is 0.839. The Morgan fingerprint density at radius 2 is 2.04 bits per heavy atom. The van der Waals surface area contributed by atoms with E-state index in [1.54, 1.807) is 18.4 Å². The van der Waals surface area contributed by atoms with Crippen molar-refractivity contribution in [2.24, 2.45) is 0 Å². The fourth-order valence-corrected chi connectivity index (χ4v) is 3.91. The topological polar surface area (TPSA) is 53.6 Å². The second-order valence-electron chi connectivity index (χ2n) is 5.81. The number of carbonyl (C=O) groups excluding carboxylic acids is 1. The number of nitrogens with one attached hydrogen (secondary N) is 2. The number of thiophene rings is 1. The third-order valence-electron chi connectivity index (χ3n) is 4.26. The van der Waals surface area contributed by atoms with Crippen LogP contribution >= 0.6 is 11.3 Å². The zero-order chi connectivity index (χ0) is 16.8. The van der Waals surface area contributed by atoms with E-state index in [2.05, 4.69) is 33.0 Å². The number of anilines is 1. The van der Waals surface area contributed by atoms with Crippen molar-refractivity contribution in [1.82, 2.24) is 10.2 Å². The first-order valence-electron chi connectivity index (χ1n) is 8.23. The summed E-state index contributed by atoms with van der Waals surface area (Å²) in [7, 11) is 1.60. The largest absolute Gasteiger partial charge is 0.495 e. The van der Waals surface area contributed by atoms with Gasteiger partial charge in [0.1, 0.15) is 5.75 Å². The van der Waals surface area contributed by atoms with Gasteiger partial charge in [0.2, 0.25) is 0 Å². The Kier molecular flexibility index (Phi) is 5.72. The summed E-state index contributed by atoms with van der Waals surface area (Å²) in [6.45, 7) is 2.79. The van der Waals surface area contributed by atoms with E-state index in [1.807, 2.05) is 24.3 Å². The molecule has 0 aliphatic carbocycles. The normalized spacial score (nSPS) is 15.9. The van der Waals surface area contributed by atoms with Gasteiger partial charge in [0.15, 0.2) is 0 Å². The van der Waals surface area contributed by atoms with Crippen LogP contribution in [-0.2, 0) is 0 Å². The molecule has 2 amide bonds. The molecule has 1 aromatic heterocycles. The molecule has 1 aliphatic heterocycles. The number of amides is 2. The van der Waals surface area contributed by atoms with Crippen LogP contribution in [-0.4, -0.2) is 37.7 Å². The highest BCUT2D eigenvalue weighted by Gasteiger charge is 2.24. The number of hydrogen-bond acceptors (Lipinski definition) is 4. The number of rotatable bonds is 6. The van der Waals surface area contributed by atoms with Crippen LogP contribution in [0.15, 0.2) is 41.8 Å². The molecule has 2 heterocycles. The Labute approximate surface area is 146 Å². The minimum absolute atomic E-state index is 0.208. The highest BCUT2D eigenvalue weighted by Crippen LogP contribution is 2.28. The molecule has 0 saturated carbocycles. The van der Waals surface area contributed by atoms with Crippen molar-refractivity contribution in [1.29, 1.82) is 0 Å². The van der Waals surface area contributed by atoms with E-state index in [9.17, 15) is 4.79 Å². The predicted octanol–water partition coefficient (Wildman–Crippen LogP) is 3.72. The zero-order valence-corrected chi connectivity index (χ0v) is 14.6. The lowest BCUT2D eigenvalue weighted by Crippen LogP contribution is -2.38. The Balaban J connectivity index is 1.61. The van der Waals surface area contributed by atoms with Gasteiger partial charge in [-0.25, -0.2) is 4.79 Å². The first-order valence-corrected chi connectivity index (χ1v) is 9.11. The lowest BCUT2D eigenvalue weighted by Gasteiger charge is -2.27. The molecule has 1 atom stereocenters. The summed E-state index contributed by atoms with van der Waals surface area (Å²) >= 11 is 1.75. The molecule has 128 valence electrons. The summed E-state index contributed by atoms with van der Waals surface area (Å²) < 4.78 is 5.26. The number of nitrogens with zero attached hydrogens (tertiary/aromatic N) is 1. The first-order chi connectivity index (χ1) is 11.8. The van der Waals surface area contributed by atoms with Crippen LogP contribution in [0.4, 0.5) is 10.5 Å². The van der Waals surface area contributed by atoms with Gasteiger partial charge in [-0.05, 0) is 49.5 Å². The minimum Gasteiger partial charge on any atom is -0.495 e. The molecule has 1 aromatic carbocycles. The van der Waals surface area contributed by atoms with Gasteiger partial charge in [0.05, 0.1) is 18.8 Å². The molecule has 0 spiro atoms. The Morgan fingerprint density at radius 1 is 1.25 bits per heavy atom. The Morgan fingerprint density at radius 3 is 2.75 bits per heavy atom. The van der Waals surface area contributed by atoms with Crippen molar-refractivity contribution in [3.8, 4) is 5.75 Å². The average Bonchev–Trinajstić information content (AvgIpc) is 3.30. The molecule has 24 heavy (non-hydrogen) atoms. The van der Waals surface area contributed by atoms with Crippen LogP contribution in [0.1, 0.15) is 23.8 Å². The second-order valence-corrected chi connectivity index (χ2v) is 6.79.